The SMILES string of the molecule is COCCN1C(=O)[C@@H]2CC[C@H]1CN(Cc1nc(-c3cccs3)oc1C)C2. The maximum atomic E-state index is 12.7. The molecule has 2 bridgehead atoms. The zero-order valence-corrected chi connectivity index (χ0v) is 16.1. The van der Waals surface area contributed by atoms with Crippen LogP contribution in [0, 0.1) is 12.8 Å². The van der Waals surface area contributed by atoms with Crippen molar-refractivity contribution in [2.75, 3.05) is 33.4 Å². The molecule has 2 atom stereocenters. The molecule has 0 aromatic carbocycles. The number of thiophene rings is 1. The summed E-state index contributed by atoms with van der Waals surface area (Å²) in [6, 6.07) is 4.31. The molecule has 0 spiro atoms. The second-order valence-electron chi connectivity index (χ2n) is 7.15. The Balaban J connectivity index is 1.49. The second-order valence-corrected chi connectivity index (χ2v) is 8.09. The number of ether oxygens (including phenoxy) is 1. The van der Waals surface area contributed by atoms with Gasteiger partial charge >= 0.3 is 0 Å². The van der Waals surface area contributed by atoms with Gasteiger partial charge in [-0.05, 0) is 31.2 Å². The van der Waals surface area contributed by atoms with Crippen LogP contribution < -0.4 is 0 Å². The molecular weight excluding hydrogens is 350 g/mol. The van der Waals surface area contributed by atoms with Crippen molar-refractivity contribution in [3.05, 3.63) is 29.0 Å². The highest BCUT2D eigenvalue weighted by atomic mass is 32.1. The summed E-state index contributed by atoms with van der Waals surface area (Å²) >= 11 is 1.63. The smallest absolute Gasteiger partial charge is 0.236 e. The molecule has 3 aliphatic rings. The van der Waals surface area contributed by atoms with Crippen molar-refractivity contribution >= 4 is 17.2 Å². The van der Waals surface area contributed by atoms with E-state index in [1.807, 2.05) is 29.3 Å². The Labute approximate surface area is 157 Å². The van der Waals surface area contributed by atoms with E-state index in [0.717, 1.165) is 48.8 Å². The Bertz CT molecular complexity index is 758. The van der Waals surface area contributed by atoms with E-state index in [2.05, 4.69) is 4.90 Å². The molecule has 6 nitrogen and oxygen atoms in total. The van der Waals surface area contributed by atoms with E-state index in [1.54, 1.807) is 18.4 Å². The molecule has 2 aromatic rings. The predicted octanol–water partition coefficient (Wildman–Crippen LogP) is 2.78. The van der Waals surface area contributed by atoms with Gasteiger partial charge in [0, 0.05) is 39.3 Å². The van der Waals surface area contributed by atoms with Gasteiger partial charge in [0.1, 0.15) is 5.76 Å². The number of oxazole rings is 1. The molecule has 5 rings (SSSR count). The van der Waals surface area contributed by atoms with Crippen molar-refractivity contribution in [1.29, 1.82) is 0 Å². The maximum absolute atomic E-state index is 12.7. The van der Waals surface area contributed by atoms with Crippen LogP contribution >= 0.6 is 11.3 Å². The number of hydrogen-bond donors (Lipinski definition) is 0. The minimum atomic E-state index is 0.0922. The zero-order chi connectivity index (χ0) is 18.1. The van der Waals surface area contributed by atoms with Crippen LogP contribution in [0.15, 0.2) is 21.9 Å². The molecule has 7 heteroatoms. The van der Waals surface area contributed by atoms with Crippen LogP contribution in [0.4, 0.5) is 0 Å². The standard InChI is InChI=1S/C19H25N3O3S/c1-13-16(20-18(25-13)17-4-3-9-26-17)12-21-10-14-5-6-15(11-21)22(19(14)23)7-8-24-2/h3-4,9,14-15H,5-8,10-12H2,1-2H3/t14-,15+/m1/s1. The second kappa shape index (κ2) is 7.50. The summed E-state index contributed by atoms with van der Waals surface area (Å²) in [7, 11) is 1.69. The quantitative estimate of drug-likeness (QED) is 0.777. The van der Waals surface area contributed by atoms with Gasteiger partial charge in [0.15, 0.2) is 0 Å². The number of aryl methyl sites for hydroxylation is 1. The van der Waals surface area contributed by atoms with E-state index in [-0.39, 0.29) is 17.9 Å². The molecule has 2 aromatic heterocycles. The molecule has 3 saturated heterocycles. The van der Waals surface area contributed by atoms with Crippen molar-refractivity contribution in [3.63, 3.8) is 0 Å². The van der Waals surface area contributed by atoms with Gasteiger partial charge in [-0.1, -0.05) is 6.07 Å². The normalized spacial score (nSPS) is 23.6. The molecule has 140 valence electrons. The van der Waals surface area contributed by atoms with Gasteiger partial charge in [-0.3, -0.25) is 9.69 Å². The minimum absolute atomic E-state index is 0.0922. The predicted molar refractivity (Wildman–Crippen MR) is 99.9 cm³/mol. The Morgan fingerprint density at radius 2 is 2.27 bits per heavy atom. The van der Waals surface area contributed by atoms with Gasteiger partial charge in [0.05, 0.1) is 23.1 Å². The fourth-order valence-electron chi connectivity index (χ4n) is 4.03. The molecule has 3 aliphatic heterocycles. The molecule has 5 heterocycles. The monoisotopic (exact) mass is 375 g/mol. The first-order chi connectivity index (χ1) is 12.7. The van der Waals surface area contributed by atoms with Gasteiger partial charge < -0.3 is 14.1 Å². The summed E-state index contributed by atoms with van der Waals surface area (Å²) in [5, 5.41) is 2.03. The van der Waals surface area contributed by atoms with Crippen LogP contribution in [0.3, 0.4) is 0 Å². The van der Waals surface area contributed by atoms with Crippen molar-refractivity contribution in [2.45, 2.75) is 32.4 Å². The van der Waals surface area contributed by atoms with E-state index in [1.165, 1.54) is 0 Å². The first-order valence-electron chi connectivity index (χ1n) is 9.17. The highest BCUT2D eigenvalue weighted by Crippen LogP contribution is 2.31. The summed E-state index contributed by atoms with van der Waals surface area (Å²) in [5.41, 5.74) is 0.977. The van der Waals surface area contributed by atoms with E-state index in [9.17, 15) is 4.79 Å². The molecule has 0 aliphatic carbocycles. The average molecular weight is 375 g/mol. The van der Waals surface area contributed by atoms with E-state index in [0.29, 0.717) is 19.0 Å². The Kier molecular flexibility index (Phi) is 5.11. The molecule has 3 fully saturated rings. The third-order valence-electron chi connectivity index (χ3n) is 5.40. The van der Waals surface area contributed by atoms with Crippen molar-refractivity contribution < 1.29 is 13.9 Å². The Morgan fingerprint density at radius 1 is 1.38 bits per heavy atom. The van der Waals surface area contributed by atoms with Gasteiger partial charge in [-0.15, -0.1) is 11.3 Å². The largest absolute Gasteiger partial charge is 0.440 e. The number of hydrogen-bond acceptors (Lipinski definition) is 6. The number of aromatic nitrogens is 1. The van der Waals surface area contributed by atoms with Gasteiger partial charge in [0.25, 0.3) is 0 Å². The number of carbonyl (C=O) groups excluding carboxylic acids is 1. The topological polar surface area (TPSA) is 58.8 Å². The van der Waals surface area contributed by atoms with Crippen LogP contribution in [0.5, 0.6) is 0 Å². The zero-order valence-electron chi connectivity index (χ0n) is 15.3. The van der Waals surface area contributed by atoms with Crippen LogP contribution in [0.2, 0.25) is 0 Å². The molecule has 0 unspecified atom stereocenters. The number of rotatable bonds is 6. The minimum Gasteiger partial charge on any atom is -0.440 e. The molecule has 0 radical (unpaired) electrons. The van der Waals surface area contributed by atoms with Gasteiger partial charge in [-0.25, -0.2) is 4.98 Å². The van der Waals surface area contributed by atoms with E-state index >= 15 is 0 Å². The lowest BCUT2D eigenvalue weighted by Gasteiger charge is -2.35. The molecule has 0 saturated carbocycles. The number of nitrogens with zero attached hydrogens (tertiary/aromatic N) is 3. The molecular formula is C19H25N3O3S. The number of carbonyl (C=O) groups is 1. The first kappa shape index (κ1) is 17.7. The lowest BCUT2D eigenvalue weighted by Crippen LogP contribution is -2.49. The third kappa shape index (κ3) is 3.43. The van der Waals surface area contributed by atoms with Crippen LogP contribution in [0.25, 0.3) is 10.8 Å². The van der Waals surface area contributed by atoms with E-state index < -0.39 is 0 Å². The number of methoxy groups -OCH3 is 1. The molecule has 1 amide bonds. The number of amides is 1. The summed E-state index contributed by atoms with van der Waals surface area (Å²) in [5.74, 6) is 1.95. The first-order valence-corrected chi connectivity index (χ1v) is 10.1. The highest BCUT2D eigenvalue weighted by Gasteiger charge is 2.40. The summed E-state index contributed by atoms with van der Waals surface area (Å²) in [4.78, 5) is 22.9. The third-order valence-corrected chi connectivity index (χ3v) is 6.26. The van der Waals surface area contributed by atoms with Crippen molar-refractivity contribution in [2.24, 2.45) is 5.92 Å². The molecule has 0 N–H and O–H groups in total. The summed E-state index contributed by atoms with van der Waals surface area (Å²) in [6.45, 7) is 5.70. The molecule has 26 heavy (non-hydrogen) atoms. The van der Waals surface area contributed by atoms with E-state index in [4.69, 9.17) is 14.1 Å². The lowest BCUT2D eigenvalue weighted by molar-refractivity contribution is -0.140. The summed E-state index contributed by atoms with van der Waals surface area (Å²) < 4.78 is 11.1. The number of piperidine rings is 1. The fourth-order valence-corrected chi connectivity index (χ4v) is 4.68. The summed E-state index contributed by atoms with van der Waals surface area (Å²) in [6.07, 6.45) is 2.07. The van der Waals surface area contributed by atoms with Crippen LogP contribution in [0.1, 0.15) is 24.3 Å². The highest BCUT2D eigenvalue weighted by molar-refractivity contribution is 7.13. The van der Waals surface area contributed by atoms with Gasteiger partial charge in [0.2, 0.25) is 11.8 Å². The Morgan fingerprint density at radius 3 is 3.04 bits per heavy atom. The lowest BCUT2D eigenvalue weighted by atomic mass is 9.94. The van der Waals surface area contributed by atoms with Crippen molar-refractivity contribution in [3.8, 4) is 10.8 Å². The Hall–Kier alpha value is -1.70. The van der Waals surface area contributed by atoms with Crippen molar-refractivity contribution in [1.82, 2.24) is 14.8 Å². The van der Waals surface area contributed by atoms with Crippen LogP contribution in [-0.4, -0.2) is 60.1 Å². The fraction of sp³-hybridized carbons (Fsp3) is 0.579. The van der Waals surface area contributed by atoms with Crippen LogP contribution in [-0.2, 0) is 16.1 Å². The maximum Gasteiger partial charge on any atom is 0.236 e. The number of fused-ring (bicyclic) bond motifs is 4. The average Bonchev–Trinajstić information content (AvgIpc) is 3.20. The van der Waals surface area contributed by atoms with Gasteiger partial charge in [-0.2, -0.15) is 0 Å².